The van der Waals surface area contributed by atoms with E-state index in [-0.39, 0.29) is 0 Å². The lowest BCUT2D eigenvalue weighted by Crippen LogP contribution is -2.19. The van der Waals surface area contributed by atoms with E-state index in [1.165, 1.54) is 0 Å². The molecule has 1 nitrogen and oxygen atoms in total. The molecule has 1 atom stereocenters. The van der Waals surface area contributed by atoms with Gasteiger partial charge in [0.1, 0.15) is 0 Å². The Bertz CT molecular complexity index is 439. The maximum absolute atomic E-state index is 12.3. The zero-order valence-corrected chi connectivity index (χ0v) is 8.10. The van der Waals surface area contributed by atoms with Gasteiger partial charge in [-0.3, -0.25) is 0 Å². The largest absolute Gasteiger partial charge is 0.416 e. The molecule has 1 aromatic rings. The van der Waals surface area contributed by atoms with Crippen LogP contribution >= 0.6 is 0 Å². The van der Waals surface area contributed by atoms with E-state index in [9.17, 15) is 26.3 Å². The van der Waals surface area contributed by atoms with Crippen molar-refractivity contribution in [2.75, 3.05) is 0 Å². The van der Waals surface area contributed by atoms with Gasteiger partial charge in [-0.25, -0.2) is 0 Å². The predicted octanol–water partition coefficient (Wildman–Crippen LogP) is 3.87. The first-order chi connectivity index (χ1) is 7.66. The molecule has 0 heterocycles. The number of alkyl halides is 6. The summed E-state index contributed by atoms with van der Waals surface area (Å²) in [4.78, 5) is 0. The highest BCUT2D eigenvalue weighted by molar-refractivity contribution is 5.32. The van der Waals surface area contributed by atoms with Crippen molar-refractivity contribution in [3.63, 3.8) is 0 Å². The minimum Gasteiger partial charge on any atom is -0.197 e. The normalized spacial score (nSPS) is 14.2. The second kappa shape index (κ2) is 4.28. The van der Waals surface area contributed by atoms with Crippen LogP contribution in [0.4, 0.5) is 26.3 Å². The van der Waals surface area contributed by atoms with E-state index in [2.05, 4.69) is 0 Å². The summed E-state index contributed by atoms with van der Waals surface area (Å²) >= 11 is 0. The van der Waals surface area contributed by atoms with Crippen LogP contribution in [0, 0.1) is 11.3 Å². The van der Waals surface area contributed by atoms with E-state index >= 15 is 0 Å². The summed E-state index contributed by atoms with van der Waals surface area (Å²) in [5, 5.41) is 8.36. The van der Waals surface area contributed by atoms with Gasteiger partial charge < -0.3 is 0 Å². The number of hydrogen-bond donors (Lipinski definition) is 0. The smallest absolute Gasteiger partial charge is 0.197 e. The molecule has 1 aromatic carbocycles. The number of rotatable bonds is 1. The zero-order chi connectivity index (χ0) is 13.3. The van der Waals surface area contributed by atoms with Crippen molar-refractivity contribution in [3.8, 4) is 6.07 Å². The highest BCUT2D eigenvalue weighted by Gasteiger charge is 2.42. The first kappa shape index (κ1) is 13.4. The molecule has 0 saturated carbocycles. The van der Waals surface area contributed by atoms with Gasteiger partial charge in [0.2, 0.25) is 0 Å². The molecule has 0 amide bonds. The van der Waals surface area contributed by atoms with Crippen molar-refractivity contribution in [1.29, 1.82) is 5.26 Å². The highest BCUT2D eigenvalue weighted by Crippen LogP contribution is 2.37. The first-order valence-electron chi connectivity index (χ1n) is 4.29. The third kappa shape index (κ3) is 3.12. The molecule has 0 aliphatic heterocycles. The molecule has 0 radical (unpaired) electrons. The number of benzene rings is 1. The van der Waals surface area contributed by atoms with Crippen LogP contribution in [0.2, 0.25) is 0 Å². The van der Waals surface area contributed by atoms with Crippen molar-refractivity contribution in [3.05, 3.63) is 35.4 Å². The monoisotopic (exact) mass is 253 g/mol. The quantitative estimate of drug-likeness (QED) is 0.697. The molecule has 0 bridgehead atoms. The second-order valence-electron chi connectivity index (χ2n) is 3.23. The Balaban J connectivity index is 3.21. The zero-order valence-electron chi connectivity index (χ0n) is 8.10. The lowest BCUT2D eigenvalue weighted by Gasteiger charge is -2.15. The highest BCUT2D eigenvalue weighted by atomic mass is 19.4. The molecule has 92 valence electrons. The van der Waals surface area contributed by atoms with Gasteiger partial charge in [-0.1, -0.05) is 18.2 Å². The molecule has 0 aromatic heterocycles. The summed E-state index contributed by atoms with van der Waals surface area (Å²) in [5.41, 5.74) is -1.92. The van der Waals surface area contributed by atoms with Crippen molar-refractivity contribution >= 4 is 0 Å². The topological polar surface area (TPSA) is 23.8 Å². The Kier molecular flexibility index (Phi) is 3.36. The van der Waals surface area contributed by atoms with Gasteiger partial charge in [-0.2, -0.15) is 31.6 Å². The van der Waals surface area contributed by atoms with Crippen molar-refractivity contribution in [1.82, 2.24) is 0 Å². The van der Waals surface area contributed by atoms with Crippen LogP contribution in [-0.2, 0) is 6.18 Å². The maximum atomic E-state index is 12.3. The molecule has 0 aliphatic rings. The Morgan fingerprint density at radius 3 is 2.06 bits per heavy atom. The summed E-state index contributed by atoms with van der Waals surface area (Å²) in [6.07, 6.45) is -9.62. The second-order valence-corrected chi connectivity index (χ2v) is 3.23. The average molecular weight is 253 g/mol. The van der Waals surface area contributed by atoms with Crippen molar-refractivity contribution in [2.24, 2.45) is 0 Å². The molecular formula is C10H5F6N. The molecule has 0 spiro atoms. The lowest BCUT2D eigenvalue weighted by atomic mass is 9.98. The first-order valence-corrected chi connectivity index (χ1v) is 4.29. The fourth-order valence-corrected chi connectivity index (χ4v) is 1.23. The van der Waals surface area contributed by atoms with E-state index < -0.39 is 29.4 Å². The van der Waals surface area contributed by atoms with Gasteiger partial charge in [-0.05, 0) is 11.6 Å². The number of nitrogens with zero attached hydrogens (tertiary/aromatic N) is 1. The molecule has 17 heavy (non-hydrogen) atoms. The van der Waals surface area contributed by atoms with Gasteiger partial charge in [0.25, 0.3) is 0 Å². The van der Waals surface area contributed by atoms with E-state index in [0.29, 0.717) is 12.1 Å². The molecule has 1 rings (SSSR count). The van der Waals surface area contributed by atoms with Gasteiger partial charge >= 0.3 is 12.4 Å². The SMILES string of the molecule is N#C[C@@H](c1cccc(C(F)(F)F)c1)C(F)(F)F. The predicted molar refractivity (Wildman–Crippen MR) is 45.9 cm³/mol. The summed E-state index contributed by atoms with van der Waals surface area (Å²) in [5.74, 6) is -2.55. The third-order valence-electron chi connectivity index (χ3n) is 2.00. The average Bonchev–Trinajstić information content (AvgIpc) is 2.15. The summed E-state index contributed by atoms with van der Waals surface area (Å²) in [7, 11) is 0. The summed E-state index contributed by atoms with van der Waals surface area (Å²) in [6.45, 7) is 0. The van der Waals surface area contributed by atoms with Crippen molar-refractivity contribution in [2.45, 2.75) is 18.3 Å². The fourth-order valence-electron chi connectivity index (χ4n) is 1.23. The van der Waals surface area contributed by atoms with Crippen LogP contribution in [0.5, 0.6) is 0 Å². The van der Waals surface area contributed by atoms with Gasteiger partial charge in [0.15, 0.2) is 5.92 Å². The van der Waals surface area contributed by atoms with E-state index in [1.54, 1.807) is 0 Å². The molecule has 0 N–H and O–H groups in total. The van der Waals surface area contributed by atoms with E-state index in [1.807, 2.05) is 0 Å². The van der Waals surface area contributed by atoms with Gasteiger partial charge in [0, 0.05) is 0 Å². The Hall–Kier alpha value is -1.71. The lowest BCUT2D eigenvalue weighted by molar-refractivity contribution is -0.141. The molecule has 0 aliphatic carbocycles. The Morgan fingerprint density at radius 2 is 1.65 bits per heavy atom. The van der Waals surface area contributed by atoms with Gasteiger partial charge in [0.05, 0.1) is 11.6 Å². The maximum Gasteiger partial charge on any atom is 0.416 e. The fraction of sp³-hybridized carbons (Fsp3) is 0.300. The molecule has 0 fully saturated rings. The van der Waals surface area contributed by atoms with Crippen LogP contribution in [-0.4, -0.2) is 6.18 Å². The molecule has 0 saturated heterocycles. The van der Waals surface area contributed by atoms with Gasteiger partial charge in [-0.15, -0.1) is 0 Å². The number of halogens is 6. The minimum atomic E-state index is -4.89. The van der Waals surface area contributed by atoms with Crippen molar-refractivity contribution < 1.29 is 26.3 Å². The molecule has 0 unspecified atom stereocenters. The van der Waals surface area contributed by atoms with E-state index in [0.717, 1.165) is 18.2 Å². The van der Waals surface area contributed by atoms with Crippen LogP contribution in [0.3, 0.4) is 0 Å². The minimum absolute atomic E-state index is 0.335. The molecule has 7 heteroatoms. The van der Waals surface area contributed by atoms with E-state index in [4.69, 9.17) is 5.26 Å². The van der Waals surface area contributed by atoms with Crippen LogP contribution in [0.25, 0.3) is 0 Å². The summed E-state index contributed by atoms with van der Waals surface area (Å²) < 4.78 is 73.8. The standard InChI is InChI=1S/C10H5F6N/c11-9(12,13)7-3-1-2-6(4-7)8(5-17)10(14,15)16/h1-4,8H/t8-/m0/s1. The summed E-state index contributed by atoms with van der Waals surface area (Å²) in [6, 6.07) is 3.61. The third-order valence-corrected chi connectivity index (χ3v) is 2.00. The van der Waals surface area contributed by atoms with Crippen LogP contribution in [0.15, 0.2) is 24.3 Å². The molecular weight excluding hydrogens is 248 g/mol. The van der Waals surface area contributed by atoms with Crippen LogP contribution < -0.4 is 0 Å². The number of hydrogen-bond acceptors (Lipinski definition) is 1. The van der Waals surface area contributed by atoms with Crippen LogP contribution in [0.1, 0.15) is 17.0 Å². The number of nitriles is 1. The Labute approximate surface area is 92.3 Å². The Morgan fingerprint density at radius 1 is 1.06 bits per heavy atom.